The number of rotatable bonds is 9. The Morgan fingerprint density at radius 3 is 2.55 bits per heavy atom. The van der Waals surface area contributed by atoms with Crippen LogP contribution >= 0.6 is 11.8 Å². The van der Waals surface area contributed by atoms with Crippen molar-refractivity contribution in [3.8, 4) is 11.5 Å². The number of ketones is 1. The van der Waals surface area contributed by atoms with Crippen molar-refractivity contribution in [2.24, 2.45) is 5.92 Å². The second-order valence-electron chi connectivity index (χ2n) is 9.96. The van der Waals surface area contributed by atoms with E-state index in [1.807, 2.05) is 24.0 Å². The van der Waals surface area contributed by atoms with Crippen LogP contribution in [0.1, 0.15) is 69.8 Å². The summed E-state index contributed by atoms with van der Waals surface area (Å²) in [6.45, 7) is 8.47. The number of benzene rings is 2. The predicted octanol–water partition coefficient (Wildman–Crippen LogP) is 6.32. The Balaban J connectivity index is 1.69. The third-order valence-electron chi connectivity index (χ3n) is 6.54. The number of hydrogen-bond acceptors (Lipinski definition) is 8. The van der Waals surface area contributed by atoms with Gasteiger partial charge in [0.15, 0.2) is 0 Å². The van der Waals surface area contributed by atoms with Crippen LogP contribution in [0.25, 0.3) is 10.9 Å². The molecule has 4 rings (SSSR count). The third-order valence-corrected chi connectivity index (χ3v) is 7.29. The highest BCUT2D eigenvalue weighted by atomic mass is 32.2. The fourth-order valence-electron chi connectivity index (χ4n) is 4.64. The van der Waals surface area contributed by atoms with Crippen molar-refractivity contribution in [3.05, 3.63) is 59.5 Å². The average molecular weight is 532 g/mol. The van der Waals surface area contributed by atoms with Crippen LogP contribution in [-0.4, -0.2) is 43.2 Å². The first kappa shape index (κ1) is 27.4. The summed E-state index contributed by atoms with van der Waals surface area (Å²) in [5.74, 6) is 2.34. The average Bonchev–Trinajstić information content (AvgIpc) is 3.18. The molecule has 1 amide bonds. The van der Waals surface area contributed by atoms with E-state index in [9.17, 15) is 9.59 Å². The number of Topliss-reactive ketones (excluding diaryl/α,β-unsaturated/α-hetero) is 1. The van der Waals surface area contributed by atoms with Crippen LogP contribution < -0.4 is 4.74 Å². The summed E-state index contributed by atoms with van der Waals surface area (Å²) in [6, 6.07) is 11.1. The van der Waals surface area contributed by atoms with Crippen LogP contribution in [-0.2, 0) is 16.1 Å². The fraction of sp³-hybridized carbons (Fsp3) is 0.379. The van der Waals surface area contributed by atoms with Gasteiger partial charge in [-0.05, 0) is 56.5 Å². The summed E-state index contributed by atoms with van der Waals surface area (Å²) in [5, 5.41) is 17.3. The first-order valence-electron chi connectivity index (χ1n) is 12.8. The Kier molecular flexibility index (Phi) is 8.56. The molecule has 2 aromatic carbocycles. The molecule has 1 aromatic heterocycles. The molecule has 3 aromatic rings. The number of aromatic nitrogens is 2. The lowest BCUT2D eigenvalue weighted by Gasteiger charge is -2.20. The number of likely N-dealkylation sites (tertiary alicyclic amines) is 1. The Hall–Kier alpha value is -3.59. The first-order valence-corrected chi connectivity index (χ1v) is 13.6. The molecule has 1 fully saturated rings. The Labute approximate surface area is 227 Å². The smallest absolute Gasteiger partial charge is 0.223 e. The van der Waals surface area contributed by atoms with Crippen molar-refractivity contribution in [1.29, 1.82) is 10.8 Å². The van der Waals surface area contributed by atoms with Crippen LogP contribution in [0.2, 0.25) is 0 Å². The molecule has 38 heavy (non-hydrogen) atoms. The van der Waals surface area contributed by atoms with Crippen molar-refractivity contribution >= 4 is 44.4 Å². The molecular formula is C29H33N5O3S. The molecule has 1 unspecified atom stereocenters. The Morgan fingerprint density at radius 2 is 1.95 bits per heavy atom. The summed E-state index contributed by atoms with van der Waals surface area (Å²) in [6.07, 6.45) is 3.49. The van der Waals surface area contributed by atoms with Gasteiger partial charge < -0.3 is 14.4 Å². The zero-order chi connectivity index (χ0) is 27.4. The number of nitrogens with zero attached hydrogens (tertiary/aromatic N) is 3. The molecule has 198 valence electrons. The summed E-state index contributed by atoms with van der Waals surface area (Å²) >= 11 is 1.10. The number of nitrogens with one attached hydrogen (secondary N) is 2. The van der Waals surface area contributed by atoms with Gasteiger partial charge in [-0.2, -0.15) is 0 Å². The molecule has 0 aliphatic carbocycles. The van der Waals surface area contributed by atoms with Crippen molar-refractivity contribution in [2.75, 3.05) is 6.54 Å². The highest BCUT2D eigenvalue weighted by Gasteiger charge is 2.27. The van der Waals surface area contributed by atoms with E-state index in [-0.39, 0.29) is 17.6 Å². The van der Waals surface area contributed by atoms with Gasteiger partial charge in [0.2, 0.25) is 5.91 Å². The minimum Gasteiger partial charge on any atom is -0.457 e. The summed E-state index contributed by atoms with van der Waals surface area (Å²) in [7, 11) is 0. The van der Waals surface area contributed by atoms with Gasteiger partial charge in [-0.3, -0.25) is 15.6 Å². The van der Waals surface area contributed by atoms with E-state index in [0.717, 1.165) is 29.1 Å². The molecule has 0 saturated carbocycles. The van der Waals surface area contributed by atoms with Gasteiger partial charge in [-0.15, -0.1) is 0 Å². The highest BCUT2D eigenvalue weighted by Crippen LogP contribution is 2.33. The van der Waals surface area contributed by atoms with E-state index in [0.29, 0.717) is 70.3 Å². The molecule has 0 bridgehead atoms. The quantitative estimate of drug-likeness (QED) is 0.246. The van der Waals surface area contributed by atoms with E-state index < -0.39 is 0 Å². The van der Waals surface area contributed by atoms with E-state index >= 15 is 0 Å². The number of ether oxygens (including phenoxy) is 1. The van der Waals surface area contributed by atoms with Gasteiger partial charge in [-0.1, -0.05) is 25.6 Å². The molecule has 1 aliphatic rings. The largest absolute Gasteiger partial charge is 0.457 e. The highest BCUT2D eigenvalue weighted by molar-refractivity contribution is 8.26. The maximum atomic E-state index is 12.5. The van der Waals surface area contributed by atoms with Crippen LogP contribution in [0.15, 0.2) is 42.6 Å². The van der Waals surface area contributed by atoms with Crippen molar-refractivity contribution in [1.82, 2.24) is 14.9 Å². The molecule has 1 saturated heterocycles. The second kappa shape index (κ2) is 11.9. The van der Waals surface area contributed by atoms with Crippen molar-refractivity contribution in [2.45, 2.75) is 59.4 Å². The Morgan fingerprint density at radius 1 is 1.21 bits per heavy atom. The van der Waals surface area contributed by atoms with Gasteiger partial charge in [0.25, 0.3) is 0 Å². The van der Waals surface area contributed by atoms with Crippen LogP contribution in [0, 0.1) is 16.7 Å². The van der Waals surface area contributed by atoms with Crippen LogP contribution in [0.5, 0.6) is 11.5 Å². The summed E-state index contributed by atoms with van der Waals surface area (Å²) in [4.78, 5) is 35.5. The Bertz CT molecular complexity index is 1390. The predicted molar refractivity (Wildman–Crippen MR) is 151 cm³/mol. The zero-order valence-electron chi connectivity index (χ0n) is 22.2. The third kappa shape index (κ3) is 6.64. The van der Waals surface area contributed by atoms with E-state index in [2.05, 4.69) is 11.9 Å². The molecule has 0 radical (unpaired) electrons. The topological polar surface area (TPSA) is 120 Å². The van der Waals surface area contributed by atoms with Gasteiger partial charge in [-0.25, -0.2) is 9.97 Å². The van der Waals surface area contributed by atoms with Gasteiger partial charge in [0, 0.05) is 60.6 Å². The molecule has 0 spiro atoms. The van der Waals surface area contributed by atoms with Crippen molar-refractivity contribution < 1.29 is 14.3 Å². The van der Waals surface area contributed by atoms with Gasteiger partial charge in [0.05, 0.1) is 10.6 Å². The lowest BCUT2D eigenvalue weighted by Crippen LogP contribution is -2.24. The number of amides is 1. The molecule has 1 aliphatic heterocycles. The lowest BCUT2D eigenvalue weighted by atomic mass is 9.99. The van der Waals surface area contributed by atoms with E-state index in [1.165, 1.54) is 0 Å². The lowest BCUT2D eigenvalue weighted by molar-refractivity contribution is -0.128. The summed E-state index contributed by atoms with van der Waals surface area (Å²) in [5.41, 5.74) is 2.28. The number of carbonyl (C=O) groups excluding carboxylic acids is 2. The second-order valence-corrected chi connectivity index (χ2v) is 11.2. The minimum atomic E-state index is -0.0463. The molecular weight excluding hydrogens is 498 g/mol. The molecule has 9 heteroatoms. The molecule has 2 N–H and O–H groups in total. The van der Waals surface area contributed by atoms with E-state index in [4.69, 9.17) is 20.5 Å². The first-order chi connectivity index (χ1) is 18.1. The number of thioether (sulfide) groups is 1. The van der Waals surface area contributed by atoms with Crippen molar-refractivity contribution in [3.63, 3.8) is 0 Å². The standard InChI is InChI=1S/C29H33N5O3S/c1-5-20(11-18(3)35)29-32-14-22-12-23(16-34-15-17(2)10-27(34)36)26(13-25(22)33-29)37-24-8-6-21(7-9-24)28(31)38-19(4)30/h6-9,12-14,17,20,30-31H,5,10-11,15-16H2,1-4H3/t17-,20?/m0/s1. The fourth-order valence-corrected chi connectivity index (χ4v) is 5.20. The molecule has 8 nitrogen and oxygen atoms in total. The van der Waals surface area contributed by atoms with E-state index in [1.54, 1.807) is 44.3 Å². The van der Waals surface area contributed by atoms with Gasteiger partial charge in [0.1, 0.15) is 28.2 Å². The number of hydrogen-bond donors (Lipinski definition) is 2. The zero-order valence-corrected chi connectivity index (χ0v) is 23.0. The van der Waals surface area contributed by atoms with Crippen LogP contribution in [0.3, 0.4) is 0 Å². The maximum Gasteiger partial charge on any atom is 0.223 e. The normalized spacial score (nSPS) is 16.1. The van der Waals surface area contributed by atoms with Crippen LogP contribution in [0.4, 0.5) is 0 Å². The number of carbonyl (C=O) groups is 2. The monoisotopic (exact) mass is 531 g/mol. The minimum absolute atomic E-state index is 0.0463. The maximum absolute atomic E-state index is 12.5. The molecule has 2 atom stereocenters. The van der Waals surface area contributed by atoms with Gasteiger partial charge >= 0.3 is 0 Å². The SMILES string of the molecule is CCC(CC(C)=O)c1ncc2cc(CN3C[C@@H](C)CC3=O)c(Oc3ccc(C(=N)SC(C)=N)cc3)cc2n1. The summed E-state index contributed by atoms with van der Waals surface area (Å²) < 4.78 is 6.33. The number of fused-ring (bicyclic) bond motifs is 1. The molecule has 2 heterocycles.